The third-order valence-electron chi connectivity index (χ3n) is 7.08. The van der Waals surface area contributed by atoms with Crippen LogP contribution in [0.3, 0.4) is 0 Å². The maximum absolute atomic E-state index is 13.4. The number of hydrogen-bond acceptors (Lipinski definition) is 5. The predicted octanol–water partition coefficient (Wildman–Crippen LogP) is 3.56. The SMILES string of the molecule is CC(=O)NC1(c2ccccc2)CCN(CC(=O)NC(Cc2cccs2)C(=O)N(C)Cc2ccccc2)CC1. The van der Waals surface area contributed by atoms with E-state index in [1.165, 1.54) is 0 Å². The van der Waals surface area contributed by atoms with Gasteiger partial charge in [0, 0.05) is 44.9 Å². The average Bonchev–Trinajstić information content (AvgIpc) is 3.43. The maximum atomic E-state index is 13.4. The molecule has 0 radical (unpaired) electrons. The zero-order valence-electron chi connectivity index (χ0n) is 22.1. The molecule has 1 aliphatic rings. The van der Waals surface area contributed by atoms with Gasteiger partial charge >= 0.3 is 0 Å². The largest absolute Gasteiger partial charge is 0.347 e. The van der Waals surface area contributed by atoms with Crippen LogP contribution >= 0.6 is 11.3 Å². The highest BCUT2D eigenvalue weighted by molar-refractivity contribution is 7.09. The number of amides is 3. The van der Waals surface area contributed by atoms with Gasteiger partial charge in [-0.05, 0) is 35.4 Å². The van der Waals surface area contributed by atoms with E-state index in [1.807, 2.05) is 78.2 Å². The summed E-state index contributed by atoms with van der Waals surface area (Å²) in [6, 6.07) is 23.2. The summed E-state index contributed by atoms with van der Waals surface area (Å²) in [5.41, 5.74) is 1.69. The first-order valence-electron chi connectivity index (χ1n) is 13.0. The molecule has 200 valence electrons. The van der Waals surface area contributed by atoms with E-state index in [-0.39, 0.29) is 24.3 Å². The van der Waals surface area contributed by atoms with Crippen LogP contribution in [0.15, 0.2) is 78.2 Å². The molecule has 4 rings (SSSR count). The molecule has 2 heterocycles. The topological polar surface area (TPSA) is 81.8 Å². The van der Waals surface area contributed by atoms with Gasteiger partial charge in [0.2, 0.25) is 17.7 Å². The minimum Gasteiger partial charge on any atom is -0.347 e. The van der Waals surface area contributed by atoms with E-state index < -0.39 is 11.6 Å². The van der Waals surface area contributed by atoms with E-state index in [0.717, 1.165) is 16.0 Å². The molecule has 1 unspecified atom stereocenters. The zero-order chi connectivity index (χ0) is 27.0. The summed E-state index contributed by atoms with van der Waals surface area (Å²) in [5.74, 6) is -0.336. The van der Waals surface area contributed by atoms with E-state index in [1.54, 1.807) is 30.2 Å². The zero-order valence-corrected chi connectivity index (χ0v) is 22.9. The molecule has 2 N–H and O–H groups in total. The molecule has 38 heavy (non-hydrogen) atoms. The smallest absolute Gasteiger partial charge is 0.245 e. The van der Waals surface area contributed by atoms with Crippen LogP contribution in [-0.4, -0.2) is 60.2 Å². The lowest BCUT2D eigenvalue weighted by Crippen LogP contribution is -2.55. The van der Waals surface area contributed by atoms with E-state index in [0.29, 0.717) is 38.9 Å². The Morgan fingerprint density at radius 1 is 0.974 bits per heavy atom. The second kappa shape index (κ2) is 12.8. The van der Waals surface area contributed by atoms with Gasteiger partial charge in [-0.1, -0.05) is 66.7 Å². The number of carbonyl (C=O) groups is 3. The molecule has 1 saturated heterocycles. The minimum atomic E-state index is -0.637. The Bertz CT molecular complexity index is 1190. The highest BCUT2D eigenvalue weighted by Gasteiger charge is 2.37. The van der Waals surface area contributed by atoms with Crippen LogP contribution in [-0.2, 0) is 32.9 Å². The van der Waals surface area contributed by atoms with Crippen molar-refractivity contribution in [3.05, 3.63) is 94.2 Å². The Morgan fingerprint density at radius 2 is 1.63 bits per heavy atom. The number of piperidine rings is 1. The molecule has 7 nitrogen and oxygen atoms in total. The summed E-state index contributed by atoms with van der Waals surface area (Å²) in [7, 11) is 1.78. The van der Waals surface area contributed by atoms with Crippen LogP contribution in [0.1, 0.15) is 35.8 Å². The van der Waals surface area contributed by atoms with E-state index in [9.17, 15) is 14.4 Å². The lowest BCUT2D eigenvalue weighted by atomic mass is 9.80. The van der Waals surface area contributed by atoms with Crippen LogP contribution in [0.25, 0.3) is 0 Å². The van der Waals surface area contributed by atoms with E-state index in [2.05, 4.69) is 15.5 Å². The Labute approximate surface area is 228 Å². The Kier molecular flexibility index (Phi) is 9.31. The van der Waals surface area contributed by atoms with E-state index >= 15 is 0 Å². The van der Waals surface area contributed by atoms with Crippen molar-refractivity contribution in [3.8, 4) is 0 Å². The number of likely N-dealkylation sites (tertiary alicyclic amines) is 1. The van der Waals surface area contributed by atoms with Crippen LogP contribution < -0.4 is 10.6 Å². The summed E-state index contributed by atoms with van der Waals surface area (Å²) in [5, 5.41) is 8.17. The summed E-state index contributed by atoms with van der Waals surface area (Å²) >= 11 is 1.58. The van der Waals surface area contributed by atoms with Crippen LogP contribution in [0.4, 0.5) is 0 Å². The number of rotatable bonds is 10. The van der Waals surface area contributed by atoms with Crippen molar-refractivity contribution in [2.45, 2.75) is 44.3 Å². The molecule has 3 amide bonds. The molecule has 1 aromatic heterocycles. The van der Waals surface area contributed by atoms with Gasteiger partial charge in [-0.2, -0.15) is 0 Å². The fourth-order valence-electron chi connectivity index (χ4n) is 5.15. The molecule has 0 saturated carbocycles. The van der Waals surface area contributed by atoms with Gasteiger partial charge in [-0.3, -0.25) is 19.3 Å². The van der Waals surface area contributed by atoms with Gasteiger partial charge < -0.3 is 15.5 Å². The Balaban J connectivity index is 1.38. The van der Waals surface area contributed by atoms with E-state index in [4.69, 9.17) is 0 Å². The highest BCUT2D eigenvalue weighted by atomic mass is 32.1. The number of nitrogens with one attached hydrogen (secondary N) is 2. The number of thiophene rings is 1. The van der Waals surface area contributed by atoms with Gasteiger partial charge in [0.15, 0.2) is 0 Å². The molecule has 1 aliphatic heterocycles. The molecular weight excluding hydrogens is 496 g/mol. The maximum Gasteiger partial charge on any atom is 0.245 e. The van der Waals surface area contributed by atoms with Crippen LogP contribution in [0, 0.1) is 0 Å². The molecular formula is C30H36N4O3S. The number of hydrogen-bond donors (Lipinski definition) is 2. The molecule has 8 heteroatoms. The number of benzene rings is 2. The number of likely N-dealkylation sites (N-methyl/N-ethyl adjacent to an activating group) is 1. The standard InChI is InChI=1S/C30H36N4O3S/c1-23(35)32-30(25-12-7-4-8-13-25)15-17-34(18-16-30)22-28(36)31-27(20-26-14-9-19-38-26)29(37)33(2)21-24-10-5-3-6-11-24/h3-14,19,27H,15-18,20-22H2,1-2H3,(H,31,36)(H,32,35). The second-order valence-corrected chi connectivity index (χ2v) is 11.0. The molecule has 1 fully saturated rings. The second-order valence-electron chi connectivity index (χ2n) is 9.99. The Hall–Kier alpha value is -3.49. The van der Waals surface area contributed by atoms with Gasteiger partial charge in [-0.25, -0.2) is 0 Å². The van der Waals surface area contributed by atoms with Gasteiger partial charge in [0.05, 0.1) is 12.1 Å². The quantitative estimate of drug-likeness (QED) is 0.418. The summed E-state index contributed by atoms with van der Waals surface area (Å²) in [6.45, 7) is 3.57. The molecule has 3 aromatic rings. The summed E-state index contributed by atoms with van der Waals surface area (Å²) in [4.78, 5) is 43.4. The molecule has 0 aliphatic carbocycles. The lowest BCUT2D eigenvalue weighted by Gasteiger charge is -2.42. The Morgan fingerprint density at radius 3 is 2.24 bits per heavy atom. The monoisotopic (exact) mass is 532 g/mol. The number of nitrogens with zero attached hydrogens (tertiary/aromatic N) is 2. The number of carbonyl (C=O) groups excluding carboxylic acids is 3. The fraction of sp³-hybridized carbons (Fsp3) is 0.367. The summed E-state index contributed by atoms with van der Waals surface area (Å²) in [6.07, 6.45) is 1.88. The molecule has 2 aromatic carbocycles. The highest BCUT2D eigenvalue weighted by Crippen LogP contribution is 2.33. The first kappa shape index (κ1) is 27.5. The molecule has 1 atom stereocenters. The van der Waals surface area contributed by atoms with Crippen molar-refractivity contribution in [1.29, 1.82) is 0 Å². The first-order chi connectivity index (χ1) is 18.3. The van der Waals surface area contributed by atoms with Crippen molar-refractivity contribution >= 4 is 29.1 Å². The molecule has 0 spiro atoms. The fourth-order valence-corrected chi connectivity index (χ4v) is 5.90. The van der Waals surface area contributed by atoms with Crippen LogP contribution in [0.5, 0.6) is 0 Å². The van der Waals surface area contributed by atoms with Gasteiger partial charge in [0.1, 0.15) is 6.04 Å². The van der Waals surface area contributed by atoms with Gasteiger partial charge in [-0.15, -0.1) is 11.3 Å². The lowest BCUT2D eigenvalue weighted by molar-refractivity contribution is -0.136. The third-order valence-corrected chi connectivity index (χ3v) is 7.97. The van der Waals surface area contributed by atoms with Crippen molar-refractivity contribution < 1.29 is 14.4 Å². The van der Waals surface area contributed by atoms with Crippen molar-refractivity contribution in [2.75, 3.05) is 26.7 Å². The van der Waals surface area contributed by atoms with Crippen molar-refractivity contribution in [3.63, 3.8) is 0 Å². The average molecular weight is 533 g/mol. The van der Waals surface area contributed by atoms with Gasteiger partial charge in [0.25, 0.3) is 0 Å². The third kappa shape index (κ3) is 7.30. The summed E-state index contributed by atoms with van der Waals surface area (Å²) < 4.78 is 0. The normalized spacial score (nSPS) is 15.8. The van der Waals surface area contributed by atoms with Crippen LogP contribution in [0.2, 0.25) is 0 Å². The first-order valence-corrected chi connectivity index (χ1v) is 13.9. The molecule has 0 bridgehead atoms. The van der Waals surface area contributed by atoms with Crippen molar-refractivity contribution in [2.24, 2.45) is 0 Å². The van der Waals surface area contributed by atoms with Crippen molar-refractivity contribution in [1.82, 2.24) is 20.4 Å². The predicted molar refractivity (Wildman–Crippen MR) is 150 cm³/mol. The minimum absolute atomic E-state index is 0.0606.